The van der Waals surface area contributed by atoms with Crippen molar-refractivity contribution in [2.24, 2.45) is 5.73 Å². The zero-order valence-corrected chi connectivity index (χ0v) is 13.5. The molecule has 1 fully saturated rings. The van der Waals surface area contributed by atoms with Crippen LogP contribution in [0.3, 0.4) is 0 Å². The van der Waals surface area contributed by atoms with E-state index in [9.17, 15) is 13.6 Å². The highest BCUT2D eigenvalue weighted by atomic mass is 19.3. The molecule has 0 saturated carbocycles. The molecule has 2 rings (SSSR count). The van der Waals surface area contributed by atoms with E-state index in [1.54, 1.807) is 12.1 Å². The molecule has 0 radical (unpaired) electrons. The van der Waals surface area contributed by atoms with Crippen LogP contribution in [-0.4, -0.2) is 44.9 Å². The number of nitrogens with two attached hydrogens (primary N) is 1. The molecule has 3 N–H and O–H groups in total. The third kappa shape index (κ3) is 5.04. The Bertz CT molecular complexity index is 557. The molecule has 1 aliphatic heterocycles. The second kappa shape index (κ2) is 8.79. The fourth-order valence-electron chi connectivity index (χ4n) is 2.58. The molecule has 0 spiro atoms. The van der Waals surface area contributed by atoms with Crippen molar-refractivity contribution in [3.05, 3.63) is 23.8 Å². The molecule has 1 saturated heterocycles. The summed E-state index contributed by atoms with van der Waals surface area (Å²) in [6.45, 7) is -2.15. The van der Waals surface area contributed by atoms with Crippen LogP contribution in [0.1, 0.15) is 18.4 Å². The van der Waals surface area contributed by atoms with Crippen molar-refractivity contribution in [3.8, 4) is 11.5 Å². The molecule has 1 aliphatic rings. The maximum absolute atomic E-state index is 12.4. The molecule has 6 nitrogen and oxygen atoms in total. The van der Waals surface area contributed by atoms with Crippen molar-refractivity contribution < 1.29 is 27.8 Å². The van der Waals surface area contributed by atoms with Gasteiger partial charge in [-0.25, -0.2) is 0 Å². The van der Waals surface area contributed by atoms with Crippen LogP contribution in [0.5, 0.6) is 11.5 Å². The summed E-state index contributed by atoms with van der Waals surface area (Å²) in [6.07, 6.45) is 1.38. The Balaban J connectivity index is 1.84. The molecule has 1 heterocycles. The van der Waals surface area contributed by atoms with Crippen molar-refractivity contribution in [1.82, 2.24) is 5.32 Å². The van der Waals surface area contributed by atoms with E-state index in [4.69, 9.17) is 15.2 Å². The number of halogens is 2. The van der Waals surface area contributed by atoms with Crippen molar-refractivity contribution >= 4 is 5.91 Å². The number of carbonyl (C=O) groups excluding carboxylic acids is 1. The Kier molecular flexibility index (Phi) is 6.74. The van der Waals surface area contributed by atoms with E-state index < -0.39 is 12.7 Å². The van der Waals surface area contributed by atoms with Gasteiger partial charge in [0.15, 0.2) is 11.5 Å². The molecule has 2 atom stereocenters. The van der Waals surface area contributed by atoms with Crippen LogP contribution in [0.2, 0.25) is 0 Å². The highest BCUT2D eigenvalue weighted by Crippen LogP contribution is 2.29. The molecule has 0 unspecified atom stereocenters. The van der Waals surface area contributed by atoms with Gasteiger partial charge in [-0.05, 0) is 37.0 Å². The van der Waals surface area contributed by atoms with Gasteiger partial charge in [0.1, 0.15) is 6.10 Å². The quantitative estimate of drug-likeness (QED) is 0.746. The van der Waals surface area contributed by atoms with Gasteiger partial charge in [0.25, 0.3) is 0 Å². The molecule has 8 heteroatoms. The van der Waals surface area contributed by atoms with Gasteiger partial charge < -0.3 is 25.3 Å². The van der Waals surface area contributed by atoms with Crippen molar-refractivity contribution in [1.29, 1.82) is 0 Å². The Morgan fingerprint density at radius 3 is 2.83 bits per heavy atom. The van der Waals surface area contributed by atoms with E-state index >= 15 is 0 Å². The molecular formula is C16H22F2N2O4. The summed E-state index contributed by atoms with van der Waals surface area (Å²) in [4.78, 5) is 12.0. The Labute approximate surface area is 139 Å². The number of hydrogen-bond donors (Lipinski definition) is 2. The normalized spacial score (nSPS) is 20.2. The van der Waals surface area contributed by atoms with Crippen molar-refractivity contribution in [2.45, 2.75) is 38.1 Å². The minimum atomic E-state index is -2.93. The van der Waals surface area contributed by atoms with Gasteiger partial charge in [-0.15, -0.1) is 0 Å². The summed E-state index contributed by atoms with van der Waals surface area (Å²) in [6, 6.07) is 4.77. The lowest BCUT2D eigenvalue weighted by Gasteiger charge is -2.14. The van der Waals surface area contributed by atoms with Gasteiger partial charge in [0.05, 0.1) is 13.2 Å². The maximum atomic E-state index is 12.4. The number of amides is 1. The Morgan fingerprint density at radius 1 is 1.42 bits per heavy atom. The maximum Gasteiger partial charge on any atom is 0.387 e. The number of ether oxygens (including phenoxy) is 3. The summed E-state index contributed by atoms with van der Waals surface area (Å²) >= 11 is 0. The first kappa shape index (κ1) is 18.4. The Morgan fingerprint density at radius 2 is 2.21 bits per heavy atom. The van der Waals surface area contributed by atoms with Crippen molar-refractivity contribution in [3.63, 3.8) is 0 Å². The molecule has 0 aromatic heterocycles. The van der Waals surface area contributed by atoms with E-state index in [1.807, 2.05) is 0 Å². The number of carbonyl (C=O) groups is 1. The number of alkyl halides is 2. The van der Waals surface area contributed by atoms with Gasteiger partial charge >= 0.3 is 6.61 Å². The average molecular weight is 344 g/mol. The van der Waals surface area contributed by atoms with Crippen LogP contribution >= 0.6 is 0 Å². The molecule has 1 amide bonds. The van der Waals surface area contributed by atoms with Crippen LogP contribution in [0.15, 0.2) is 18.2 Å². The second-order valence-electron chi connectivity index (χ2n) is 5.46. The third-order valence-corrected chi connectivity index (χ3v) is 3.82. The molecule has 24 heavy (non-hydrogen) atoms. The van der Waals surface area contributed by atoms with Gasteiger partial charge in [-0.3, -0.25) is 4.79 Å². The second-order valence-corrected chi connectivity index (χ2v) is 5.46. The first-order valence-electron chi connectivity index (χ1n) is 7.78. The van der Waals surface area contributed by atoms with E-state index in [0.717, 1.165) is 12.0 Å². The standard InChI is InChI=1S/C16H22F2N2O4/c1-22-12-4-2-10(8-14(12)24-16(17)18)6-7-20-15(21)13-5-3-11(9-19)23-13/h2,4,8,11,13,16H,3,5-7,9,19H2,1H3,(H,20,21)/t11-,13+/m1/s1. The smallest absolute Gasteiger partial charge is 0.387 e. The lowest BCUT2D eigenvalue weighted by molar-refractivity contribution is -0.131. The summed E-state index contributed by atoms with van der Waals surface area (Å²) in [5.74, 6) is 0.0278. The van der Waals surface area contributed by atoms with E-state index in [1.165, 1.54) is 13.2 Å². The summed E-state index contributed by atoms with van der Waals surface area (Å²) < 4.78 is 39.7. The number of nitrogens with one attached hydrogen (secondary N) is 1. The summed E-state index contributed by atoms with van der Waals surface area (Å²) in [7, 11) is 1.38. The SMILES string of the molecule is COc1ccc(CCNC(=O)[C@@H]2CC[C@H](CN)O2)cc1OC(F)F. The van der Waals surface area contributed by atoms with Gasteiger partial charge in [0.2, 0.25) is 5.91 Å². The fraction of sp³-hybridized carbons (Fsp3) is 0.562. The summed E-state index contributed by atoms with van der Waals surface area (Å²) in [5.41, 5.74) is 6.26. The molecular weight excluding hydrogens is 322 g/mol. The fourth-order valence-corrected chi connectivity index (χ4v) is 2.58. The zero-order chi connectivity index (χ0) is 17.5. The van der Waals surface area contributed by atoms with Gasteiger partial charge in [0, 0.05) is 13.1 Å². The van der Waals surface area contributed by atoms with Crippen molar-refractivity contribution in [2.75, 3.05) is 20.2 Å². The van der Waals surface area contributed by atoms with Crippen LogP contribution in [0.25, 0.3) is 0 Å². The minimum Gasteiger partial charge on any atom is -0.493 e. The number of rotatable bonds is 8. The molecule has 0 aliphatic carbocycles. The highest BCUT2D eigenvalue weighted by Gasteiger charge is 2.29. The Hall–Kier alpha value is -1.93. The lowest BCUT2D eigenvalue weighted by Crippen LogP contribution is -2.36. The molecule has 1 aromatic carbocycles. The van der Waals surface area contributed by atoms with Crippen LogP contribution in [0, 0.1) is 0 Å². The zero-order valence-electron chi connectivity index (χ0n) is 13.5. The third-order valence-electron chi connectivity index (χ3n) is 3.82. The molecule has 134 valence electrons. The van der Waals surface area contributed by atoms with Gasteiger partial charge in [-0.1, -0.05) is 6.07 Å². The van der Waals surface area contributed by atoms with E-state index in [0.29, 0.717) is 25.9 Å². The van der Waals surface area contributed by atoms with Crippen LogP contribution in [-0.2, 0) is 16.0 Å². The predicted molar refractivity (Wildman–Crippen MR) is 83.3 cm³/mol. The summed E-state index contributed by atoms with van der Waals surface area (Å²) in [5, 5.41) is 2.78. The molecule has 1 aromatic rings. The first-order valence-corrected chi connectivity index (χ1v) is 7.78. The van der Waals surface area contributed by atoms with Crippen LogP contribution in [0.4, 0.5) is 8.78 Å². The van der Waals surface area contributed by atoms with E-state index in [-0.39, 0.29) is 23.5 Å². The monoisotopic (exact) mass is 344 g/mol. The first-order chi connectivity index (χ1) is 11.5. The van der Waals surface area contributed by atoms with E-state index in [2.05, 4.69) is 10.1 Å². The number of hydrogen-bond acceptors (Lipinski definition) is 5. The molecule has 0 bridgehead atoms. The minimum absolute atomic E-state index is 0.0266. The number of benzene rings is 1. The van der Waals surface area contributed by atoms with Gasteiger partial charge in [-0.2, -0.15) is 8.78 Å². The number of methoxy groups -OCH3 is 1. The largest absolute Gasteiger partial charge is 0.493 e. The average Bonchev–Trinajstić information content (AvgIpc) is 3.03. The topological polar surface area (TPSA) is 82.8 Å². The predicted octanol–water partition coefficient (Wildman–Crippen LogP) is 1.46. The highest BCUT2D eigenvalue weighted by molar-refractivity contribution is 5.81. The lowest BCUT2D eigenvalue weighted by atomic mass is 10.1. The van der Waals surface area contributed by atoms with Crippen LogP contribution < -0.4 is 20.5 Å².